The topological polar surface area (TPSA) is 56.3 Å². The third-order valence-electron chi connectivity index (χ3n) is 3.42. The Hall–Kier alpha value is -2.03. The van der Waals surface area contributed by atoms with Crippen LogP contribution in [0.5, 0.6) is 11.5 Å². The largest absolute Gasteiger partial charge is 0.486 e. The van der Waals surface area contributed by atoms with E-state index in [1.807, 2.05) is 0 Å². The number of fused-ring (bicyclic) bond motifs is 1. The lowest BCUT2D eigenvalue weighted by Gasteiger charge is -2.22. The van der Waals surface area contributed by atoms with Crippen LogP contribution in [-0.2, 0) is 6.18 Å². The summed E-state index contributed by atoms with van der Waals surface area (Å²) in [5, 5.41) is 2.87. The third kappa shape index (κ3) is 3.55. The van der Waals surface area contributed by atoms with Gasteiger partial charge >= 0.3 is 6.18 Å². The van der Waals surface area contributed by atoms with Crippen LogP contribution in [0.15, 0.2) is 28.9 Å². The Morgan fingerprint density at radius 3 is 2.54 bits per heavy atom. The number of nitrogens with one attached hydrogen (secondary N) is 1. The van der Waals surface area contributed by atoms with Gasteiger partial charge < -0.3 is 14.8 Å². The molecule has 0 radical (unpaired) electrons. The second kappa shape index (κ2) is 6.46. The Balaban J connectivity index is 1.84. The summed E-state index contributed by atoms with van der Waals surface area (Å²) in [4.78, 5) is 7.35. The average molecular weight is 404 g/mol. The van der Waals surface area contributed by atoms with Gasteiger partial charge in [-0.15, -0.1) is 0 Å². The zero-order valence-electron chi connectivity index (χ0n) is 12.5. The first kappa shape index (κ1) is 16.8. The number of hydrogen-bond acceptors (Lipinski definition) is 5. The van der Waals surface area contributed by atoms with Crippen LogP contribution in [0.2, 0.25) is 0 Å². The van der Waals surface area contributed by atoms with E-state index < -0.39 is 11.9 Å². The van der Waals surface area contributed by atoms with Crippen molar-refractivity contribution in [3.8, 4) is 11.5 Å². The van der Waals surface area contributed by atoms with E-state index in [1.165, 1.54) is 0 Å². The van der Waals surface area contributed by atoms with E-state index in [2.05, 4.69) is 31.2 Å². The molecule has 0 aliphatic carbocycles. The fourth-order valence-corrected chi connectivity index (χ4v) is 2.93. The Morgan fingerprint density at radius 2 is 1.88 bits per heavy atom. The van der Waals surface area contributed by atoms with Gasteiger partial charge in [-0.3, -0.25) is 0 Å². The molecule has 2 heterocycles. The maximum atomic E-state index is 12.7. The highest BCUT2D eigenvalue weighted by molar-refractivity contribution is 9.10. The molecular formula is C15H13BrF3N3O2. The van der Waals surface area contributed by atoms with Crippen molar-refractivity contribution in [1.82, 2.24) is 9.97 Å². The number of halogens is 4. The summed E-state index contributed by atoms with van der Waals surface area (Å²) in [6.45, 7) is 2.72. The fraction of sp³-hybridized carbons (Fsp3) is 0.333. The van der Waals surface area contributed by atoms with Gasteiger partial charge in [-0.05, 0) is 30.7 Å². The van der Waals surface area contributed by atoms with Gasteiger partial charge in [-0.25, -0.2) is 9.97 Å². The number of aromatic nitrogens is 2. The molecule has 1 aliphatic heterocycles. The van der Waals surface area contributed by atoms with E-state index in [0.29, 0.717) is 24.7 Å². The van der Waals surface area contributed by atoms with E-state index in [4.69, 9.17) is 9.47 Å². The Morgan fingerprint density at radius 1 is 1.21 bits per heavy atom. The minimum Gasteiger partial charge on any atom is -0.486 e. The molecule has 1 atom stereocenters. The van der Waals surface area contributed by atoms with Crippen LogP contribution < -0.4 is 14.8 Å². The predicted molar refractivity (Wildman–Crippen MR) is 84.2 cm³/mol. The maximum Gasteiger partial charge on any atom is 0.433 e. The van der Waals surface area contributed by atoms with Gasteiger partial charge in [-0.1, -0.05) is 15.9 Å². The summed E-state index contributed by atoms with van der Waals surface area (Å²) in [7, 11) is 0. The number of ether oxygens (including phenoxy) is 2. The molecule has 0 saturated heterocycles. The van der Waals surface area contributed by atoms with Gasteiger partial charge in [0.25, 0.3) is 0 Å². The van der Waals surface area contributed by atoms with Gasteiger partial charge in [0.1, 0.15) is 18.9 Å². The normalized spacial score (nSPS) is 15.0. The van der Waals surface area contributed by atoms with Crippen LogP contribution in [0, 0.1) is 0 Å². The average Bonchev–Trinajstić information content (AvgIpc) is 2.53. The van der Waals surface area contributed by atoms with Crippen molar-refractivity contribution in [1.29, 1.82) is 0 Å². The smallest absolute Gasteiger partial charge is 0.433 e. The van der Waals surface area contributed by atoms with Crippen molar-refractivity contribution in [2.45, 2.75) is 19.1 Å². The van der Waals surface area contributed by atoms with Gasteiger partial charge in [0.05, 0.1) is 6.04 Å². The van der Waals surface area contributed by atoms with Gasteiger partial charge in [-0.2, -0.15) is 13.2 Å². The number of nitrogens with zero attached hydrogens (tertiary/aromatic N) is 2. The SMILES string of the molecule is CC(Nc1nccc(C(F)(F)F)n1)c1cc2c(cc1Br)OCCO2. The van der Waals surface area contributed by atoms with E-state index in [-0.39, 0.29) is 12.0 Å². The van der Waals surface area contributed by atoms with Crippen LogP contribution in [0.4, 0.5) is 19.1 Å². The van der Waals surface area contributed by atoms with Crippen LogP contribution in [0.3, 0.4) is 0 Å². The lowest BCUT2D eigenvalue weighted by molar-refractivity contribution is -0.141. The van der Waals surface area contributed by atoms with Gasteiger partial charge in [0, 0.05) is 10.7 Å². The minimum atomic E-state index is -4.51. The van der Waals surface area contributed by atoms with Gasteiger partial charge in [0.2, 0.25) is 5.95 Å². The molecule has 0 bridgehead atoms. The Bertz CT molecular complexity index is 755. The fourth-order valence-electron chi connectivity index (χ4n) is 2.27. The first-order valence-corrected chi connectivity index (χ1v) is 7.89. The predicted octanol–water partition coefficient (Wildman–Crippen LogP) is 4.20. The highest BCUT2D eigenvalue weighted by Gasteiger charge is 2.33. The number of anilines is 1. The highest BCUT2D eigenvalue weighted by atomic mass is 79.9. The highest BCUT2D eigenvalue weighted by Crippen LogP contribution is 2.38. The molecule has 24 heavy (non-hydrogen) atoms. The van der Waals surface area contributed by atoms with Crippen molar-refractivity contribution in [3.63, 3.8) is 0 Å². The second-order valence-corrected chi connectivity index (χ2v) is 6.00. The summed E-state index contributed by atoms with van der Waals surface area (Å²) >= 11 is 3.44. The molecule has 5 nitrogen and oxygen atoms in total. The number of rotatable bonds is 3. The Kier molecular flexibility index (Phi) is 4.53. The van der Waals surface area contributed by atoms with Crippen LogP contribution in [-0.4, -0.2) is 23.2 Å². The summed E-state index contributed by atoms with van der Waals surface area (Å²) in [6, 6.07) is 4.04. The molecule has 1 aliphatic rings. The molecule has 0 spiro atoms. The molecule has 1 aromatic carbocycles. The molecular weight excluding hydrogens is 391 g/mol. The third-order valence-corrected chi connectivity index (χ3v) is 4.11. The minimum absolute atomic E-state index is 0.0980. The van der Waals surface area contributed by atoms with Crippen molar-refractivity contribution >= 4 is 21.9 Å². The van der Waals surface area contributed by atoms with E-state index in [0.717, 1.165) is 22.3 Å². The molecule has 128 valence electrons. The zero-order chi connectivity index (χ0) is 17.3. The Labute approximate surface area is 144 Å². The molecule has 0 amide bonds. The summed E-state index contributed by atoms with van der Waals surface area (Å²) in [5.74, 6) is 1.12. The number of alkyl halides is 3. The number of benzene rings is 1. The van der Waals surface area contributed by atoms with E-state index >= 15 is 0 Å². The van der Waals surface area contributed by atoms with Gasteiger partial charge in [0.15, 0.2) is 11.5 Å². The zero-order valence-corrected chi connectivity index (χ0v) is 14.1. The monoisotopic (exact) mass is 403 g/mol. The first-order valence-electron chi connectivity index (χ1n) is 7.10. The molecule has 1 N–H and O–H groups in total. The van der Waals surface area contributed by atoms with E-state index in [9.17, 15) is 13.2 Å². The standard InChI is InChI=1S/C15H13BrF3N3O2/c1-8(21-14-20-3-2-13(22-14)15(17,18)19)9-6-11-12(7-10(9)16)24-5-4-23-11/h2-3,6-8H,4-5H2,1H3,(H,20,21,22). The van der Waals surface area contributed by atoms with Crippen molar-refractivity contribution < 1.29 is 22.6 Å². The van der Waals surface area contributed by atoms with E-state index in [1.54, 1.807) is 19.1 Å². The molecule has 1 aromatic heterocycles. The quantitative estimate of drug-likeness (QED) is 0.831. The summed E-state index contributed by atoms with van der Waals surface area (Å²) in [6.07, 6.45) is -3.44. The van der Waals surface area contributed by atoms with Crippen LogP contribution in [0.1, 0.15) is 24.2 Å². The molecule has 2 aromatic rings. The molecule has 3 rings (SSSR count). The van der Waals surface area contributed by atoms with Crippen LogP contribution >= 0.6 is 15.9 Å². The van der Waals surface area contributed by atoms with Crippen molar-refractivity contribution in [3.05, 3.63) is 40.1 Å². The maximum absolute atomic E-state index is 12.7. The second-order valence-electron chi connectivity index (χ2n) is 5.15. The summed E-state index contributed by atoms with van der Waals surface area (Å²) in [5.41, 5.74) is -0.200. The van der Waals surface area contributed by atoms with Crippen molar-refractivity contribution in [2.24, 2.45) is 0 Å². The molecule has 9 heteroatoms. The first-order chi connectivity index (χ1) is 11.3. The molecule has 0 fully saturated rings. The number of hydrogen-bond donors (Lipinski definition) is 1. The molecule has 0 saturated carbocycles. The molecule has 1 unspecified atom stereocenters. The summed E-state index contributed by atoms with van der Waals surface area (Å²) < 4.78 is 49.9. The lowest BCUT2D eigenvalue weighted by Crippen LogP contribution is -2.17. The lowest BCUT2D eigenvalue weighted by atomic mass is 10.1. The van der Waals surface area contributed by atoms with Crippen molar-refractivity contribution in [2.75, 3.05) is 18.5 Å². The van der Waals surface area contributed by atoms with Crippen LogP contribution in [0.25, 0.3) is 0 Å².